The molecular weight excluding hydrogens is 268 g/mol. The van der Waals surface area contributed by atoms with Gasteiger partial charge in [0.15, 0.2) is 0 Å². The van der Waals surface area contributed by atoms with Gasteiger partial charge in [-0.05, 0) is 40.2 Å². The SMILES string of the molecule is CC(C)c1cccc(C#C[Si](C(C)C)(C(C)C)C(C)C)c1. The van der Waals surface area contributed by atoms with E-state index >= 15 is 0 Å². The second kappa shape index (κ2) is 7.32. The van der Waals surface area contributed by atoms with E-state index in [2.05, 4.69) is 91.1 Å². The van der Waals surface area contributed by atoms with E-state index in [9.17, 15) is 0 Å². The first-order valence-corrected chi connectivity index (χ1v) is 10.6. The molecule has 116 valence electrons. The predicted octanol–water partition coefficient (Wildman–Crippen LogP) is 6.38. The first kappa shape index (κ1) is 18.0. The fourth-order valence-corrected chi connectivity index (χ4v) is 8.82. The summed E-state index contributed by atoms with van der Waals surface area (Å²) in [5.41, 5.74) is 8.44. The van der Waals surface area contributed by atoms with Gasteiger partial charge in [0.05, 0.1) is 0 Å². The Morgan fingerprint density at radius 3 is 1.76 bits per heavy atom. The Hall–Kier alpha value is -1.00. The lowest BCUT2D eigenvalue weighted by molar-refractivity contribution is 0.838. The van der Waals surface area contributed by atoms with Gasteiger partial charge in [0.25, 0.3) is 0 Å². The summed E-state index contributed by atoms with van der Waals surface area (Å²) in [7, 11) is -1.62. The molecule has 0 N–H and O–H groups in total. The van der Waals surface area contributed by atoms with Crippen molar-refractivity contribution in [3.8, 4) is 11.5 Å². The van der Waals surface area contributed by atoms with Gasteiger partial charge in [0, 0.05) is 5.56 Å². The molecule has 0 aliphatic carbocycles. The zero-order chi connectivity index (χ0) is 16.2. The maximum absolute atomic E-state index is 3.80. The van der Waals surface area contributed by atoms with Crippen LogP contribution in [-0.4, -0.2) is 8.07 Å². The summed E-state index contributed by atoms with van der Waals surface area (Å²) < 4.78 is 0. The molecule has 0 heterocycles. The Kier molecular flexibility index (Phi) is 6.29. The van der Waals surface area contributed by atoms with Crippen LogP contribution in [0.4, 0.5) is 0 Å². The van der Waals surface area contributed by atoms with Crippen LogP contribution in [0.1, 0.15) is 72.4 Å². The number of benzene rings is 1. The molecule has 0 saturated heterocycles. The fraction of sp³-hybridized carbons (Fsp3) is 0.600. The molecule has 0 spiro atoms. The Balaban J connectivity index is 3.25. The molecule has 1 aromatic rings. The molecular formula is C20H32Si. The maximum atomic E-state index is 3.80. The molecule has 0 aliphatic rings. The van der Waals surface area contributed by atoms with E-state index in [1.165, 1.54) is 11.1 Å². The highest BCUT2D eigenvalue weighted by Crippen LogP contribution is 2.40. The van der Waals surface area contributed by atoms with E-state index < -0.39 is 8.07 Å². The molecule has 0 atom stereocenters. The monoisotopic (exact) mass is 300 g/mol. The summed E-state index contributed by atoms with van der Waals surface area (Å²) in [5, 5.41) is 0. The van der Waals surface area contributed by atoms with Crippen LogP contribution in [-0.2, 0) is 0 Å². The van der Waals surface area contributed by atoms with E-state index in [1.54, 1.807) is 0 Å². The van der Waals surface area contributed by atoms with E-state index in [4.69, 9.17) is 0 Å². The molecule has 0 amide bonds. The number of hydrogen-bond acceptors (Lipinski definition) is 0. The third-order valence-corrected chi connectivity index (χ3v) is 11.1. The quantitative estimate of drug-likeness (QED) is 0.447. The highest BCUT2D eigenvalue weighted by Gasteiger charge is 2.41. The summed E-state index contributed by atoms with van der Waals surface area (Å²) >= 11 is 0. The summed E-state index contributed by atoms with van der Waals surface area (Å²) in [6.07, 6.45) is 0. The van der Waals surface area contributed by atoms with Crippen LogP contribution in [0.2, 0.25) is 16.6 Å². The lowest BCUT2D eigenvalue weighted by Crippen LogP contribution is -2.43. The van der Waals surface area contributed by atoms with Crippen LogP contribution in [0.3, 0.4) is 0 Å². The number of hydrogen-bond donors (Lipinski definition) is 0. The summed E-state index contributed by atoms with van der Waals surface area (Å²) in [6.45, 7) is 18.7. The van der Waals surface area contributed by atoms with E-state index in [0.717, 1.165) is 0 Å². The first-order valence-electron chi connectivity index (χ1n) is 8.34. The largest absolute Gasteiger partial charge is 0.146 e. The third kappa shape index (κ3) is 4.01. The molecule has 1 aromatic carbocycles. The van der Waals surface area contributed by atoms with E-state index in [0.29, 0.717) is 22.5 Å². The average Bonchev–Trinajstić information content (AvgIpc) is 2.38. The predicted molar refractivity (Wildman–Crippen MR) is 98.5 cm³/mol. The van der Waals surface area contributed by atoms with Crippen molar-refractivity contribution in [1.29, 1.82) is 0 Å². The Morgan fingerprint density at radius 1 is 0.810 bits per heavy atom. The minimum absolute atomic E-state index is 0.564. The van der Waals surface area contributed by atoms with Gasteiger partial charge in [-0.2, -0.15) is 0 Å². The first-order chi connectivity index (χ1) is 9.71. The fourth-order valence-electron chi connectivity index (χ4n) is 3.59. The Bertz CT molecular complexity index is 490. The van der Waals surface area contributed by atoms with Crippen molar-refractivity contribution < 1.29 is 0 Å². The van der Waals surface area contributed by atoms with Crippen LogP contribution in [0.15, 0.2) is 24.3 Å². The lowest BCUT2D eigenvalue weighted by atomic mass is 10.0. The second-order valence-corrected chi connectivity index (χ2v) is 13.0. The summed E-state index contributed by atoms with van der Waals surface area (Å²) in [6, 6.07) is 8.76. The van der Waals surface area contributed by atoms with Crippen LogP contribution in [0, 0.1) is 11.5 Å². The van der Waals surface area contributed by atoms with E-state index in [-0.39, 0.29) is 0 Å². The number of rotatable bonds is 4. The van der Waals surface area contributed by atoms with Gasteiger partial charge in [-0.15, -0.1) is 5.54 Å². The second-order valence-electron chi connectivity index (χ2n) is 7.43. The zero-order valence-corrected chi connectivity index (χ0v) is 16.1. The van der Waals surface area contributed by atoms with Gasteiger partial charge in [-0.25, -0.2) is 0 Å². The van der Waals surface area contributed by atoms with Crippen LogP contribution in [0.25, 0.3) is 0 Å². The molecule has 0 aromatic heterocycles. The van der Waals surface area contributed by atoms with Gasteiger partial charge >= 0.3 is 0 Å². The molecule has 0 nitrogen and oxygen atoms in total. The molecule has 1 heteroatoms. The molecule has 0 aliphatic heterocycles. The third-order valence-electron chi connectivity index (χ3n) is 4.84. The highest BCUT2D eigenvalue weighted by molar-refractivity contribution is 6.90. The standard InChI is InChI=1S/C20H32Si/c1-15(2)20-11-9-10-19(14-20)12-13-21(16(3)4,17(5)6)18(7)8/h9-11,14-18H,1-8H3. The van der Waals surface area contributed by atoms with Crippen molar-refractivity contribution in [1.82, 2.24) is 0 Å². The summed E-state index contributed by atoms with van der Waals surface area (Å²) in [4.78, 5) is 0. The minimum atomic E-state index is -1.62. The van der Waals surface area contributed by atoms with Gasteiger partial charge < -0.3 is 0 Å². The normalized spacial score (nSPS) is 12.2. The lowest BCUT2D eigenvalue weighted by Gasteiger charge is -2.38. The van der Waals surface area contributed by atoms with Crippen LogP contribution < -0.4 is 0 Å². The molecule has 0 radical (unpaired) electrons. The van der Waals surface area contributed by atoms with Gasteiger partial charge in [-0.1, -0.05) is 73.4 Å². The van der Waals surface area contributed by atoms with Gasteiger partial charge in [-0.3, -0.25) is 0 Å². The van der Waals surface area contributed by atoms with Crippen molar-refractivity contribution in [2.75, 3.05) is 0 Å². The van der Waals surface area contributed by atoms with Crippen molar-refractivity contribution in [2.24, 2.45) is 0 Å². The Labute approximate surface area is 133 Å². The average molecular weight is 301 g/mol. The Morgan fingerprint density at radius 2 is 1.33 bits per heavy atom. The highest BCUT2D eigenvalue weighted by atomic mass is 28.3. The van der Waals surface area contributed by atoms with Gasteiger partial charge in [0.1, 0.15) is 8.07 Å². The zero-order valence-electron chi connectivity index (χ0n) is 15.1. The smallest absolute Gasteiger partial charge is 0.125 e. The van der Waals surface area contributed by atoms with Crippen molar-refractivity contribution in [3.05, 3.63) is 35.4 Å². The maximum Gasteiger partial charge on any atom is 0.146 e. The molecule has 0 bridgehead atoms. The van der Waals surface area contributed by atoms with Crippen LogP contribution >= 0.6 is 0 Å². The van der Waals surface area contributed by atoms with Crippen molar-refractivity contribution in [3.63, 3.8) is 0 Å². The molecule has 21 heavy (non-hydrogen) atoms. The van der Waals surface area contributed by atoms with E-state index in [1.807, 2.05) is 0 Å². The molecule has 1 rings (SSSR count). The summed E-state index contributed by atoms with van der Waals surface area (Å²) in [5.74, 6) is 4.10. The van der Waals surface area contributed by atoms with Crippen molar-refractivity contribution >= 4 is 8.07 Å². The molecule has 0 fully saturated rings. The van der Waals surface area contributed by atoms with Crippen LogP contribution in [0.5, 0.6) is 0 Å². The minimum Gasteiger partial charge on any atom is -0.125 e. The molecule has 0 unspecified atom stereocenters. The topological polar surface area (TPSA) is 0 Å². The van der Waals surface area contributed by atoms with Gasteiger partial charge in [0.2, 0.25) is 0 Å². The molecule has 0 saturated carbocycles. The van der Waals surface area contributed by atoms with Crippen molar-refractivity contribution in [2.45, 2.75) is 77.9 Å².